The fraction of sp³-hybridized carbons (Fsp3) is 0.636. The average molecular weight is 287 g/mol. The van der Waals surface area contributed by atoms with Crippen molar-refractivity contribution in [1.29, 1.82) is 0 Å². The summed E-state index contributed by atoms with van der Waals surface area (Å²) in [6.45, 7) is 2.38. The van der Waals surface area contributed by atoms with Crippen LogP contribution in [0.25, 0.3) is 0 Å². The van der Waals surface area contributed by atoms with E-state index in [1.54, 1.807) is 19.2 Å². The Morgan fingerprint density at radius 2 is 2.44 bits per heavy atom. The van der Waals surface area contributed by atoms with Gasteiger partial charge in [-0.15, -0.1) is 0 Å². The number of piperidine rings is 1. The number of hydrogen-bond donors (Lipinski definition) is 0. The number of alkyl halides is 2. The SMILES string of the molecule is CC1(Br)C=CN=C(N2C[C@H]3C[C@H]3C2=O)C1F. The van der Waals surface area contributed by atoms with E-state index in [1.165, 1.54) is 4.90 Å². The van der Waals surface area contributed by atoms with E-state index in [0.29, 0.717) is 12.5 Å². The van der Waals surface area contributed by atoms with E-state index < -0.39 is 10.5 Å². The number of aliphatic imine (C=N–C) groups is 1. The molecule has 16 heavy (non-hydrogen) atoms. The maximum Gasteiger partial charge on any atom is 0.231 e. The number of halogens is 2. The van der Waals surface area contributed by atoms with Crippen molar-refractivity contribution < 1.29 is 9.18 Å². The number of rotatable bonds is 0. The molecular formula is C11H12BrFN2O. The molecule has 1 amide bonds. The van der Waals surface area contributed by atoms with Crippen molar-refractivity contribution >= 4 is 27.7 Å². The first-order valence-corrected chi connectivity index (χ1v) is 6.20. The molecule has 0 bridgehead atoms. The molecule has 3 rings (SSSR count). The molecule has 2 fully saturated rings. The monoisotopic (exact) mass is 286 g/mol. The molecule has 2 aliphatic heterocycles. The summed E-state index contributed by atoms with van der Waals surface area (Å²) in [5.74, 6) is 0.890. The molecule has 1 saturated carbocycles. The van der Waals surface area contributed by atoms with Crippen LogP contribution in [-0.4, -0.2) is 33.7 Å². The predicted molar refractivity (Wildman–Crippen MR) is 62.1 cm³/mol. The third-order valence-electron chi connectivity index (χ3n) is 3.53. The van der Waals surface area contributed by atoms with Gasteiger partial charge in [-0.3, -0.25) is 9.69 Å². The van der Waals surface area contributed by atoms with E-state index in [1.807, 2.05) is 0 Å². The zero-order valence-corrected chi connectivity index (χ0v) is 10.4. The van der Waals surface area contributed by atoms with Crippen molar-refractivity contribution in [2.75, 3.05) is 6.54 Å². The van der Waals surface area contributed by atoms with Gasteiger partial charge in [0.2, 0.25) is 5.91 Å². The van der Waals surface area contributed by atoms with Crippen molar-refractivity contribution in [2.24, 2.45) is 16.8 Å². The van der Waals surface area contributed by atoms with Crippen LogP contribution in [0.15, 0.2) is 17.3 Å². The standard InChI is InChI=1S/C11H12BrFN2O/c1-11(12)2-3-14-9(8(11)13)15-5-6-4-7(6)10(15)16/h2-3,6-8H,4-5H2,1H3/t6-,7-,8?,11?/m1/s1. The van der Waals surface area contributed by atoms with E-state index in [9.17, 15) is 9.18 Å². The molecule has 3 nitrogen and oxygen atoms in total. The van der Waals surface area contributed by atoms with Crippen LogP contribution in [-0.2, 0) is 4.79 Å². The molecule has 0 aromatic heterocycles. The Hall–Kier alpha value is -0.710. The number of nitrogens with zero attached hydrogens (tertiary/aromatic N) is 2. The molecule has 86 valence electrons. The van der Waals surface area contributed by atoms with Crippen LogP contribution in [0, 0.1) is 11.8 Å². The lowest BCUT2D eigenvalue weighted by Gasteiger charge is -2.31. The second-order valence-corrected chi connectivity index (χ2v) is 6.58. The molecule has 5 heteroatoms. The van der Waals surface area contributed by atoms with Gasteiger partial charge in [-0.25, -0.2) is 9.38 Å². The first kappa shape index (κ1) is 10.4. The molecule has 1 aliphatic carbocycles. The van der Waals surface area contributed by atoms with Crippen molar-refractivity contribution in [1.82, 2.24) is 4.90 Å². The van der Waals surface area contributed by atoms with Crippen LogP contribution in [0.2, 0.25) is 0 Å². The number of amides is 1. The van der Waals surface area contributed by atoms with Gasteiger partial charge in [-0.1, -0.05) is 15.9 Å². The second-order valence-electron chi connectivity index (χ2n) is 4.87. The maximum atomic E-state index is 14.2. The van der Waals surface area contributed by atoms with E-state index in [0.717, 1.165) is 6.42 Å². The minimum atomic E-state index is -1.26. The molecule has 4 atom stereocenters. The van der Waals surface area contributed by atoms with E-state index in [-0.39, 0.29) is 17.7 Å². The summed E-state index contributed by atoms with van der Waals surface area (Å²) in [5, 5.41) is 0. The van der Waals surface area contributed by atoms with Gasteiger partial charge in [0.15, 0.2) is 6.17 Å². The highest BCUT2D eigenvalue weighted by molar-refractivity contribution is 9.10. The summed E-state index contributed by atoms with van der Waals surface area (Å²) in [6.07, 6.45) is 2.94. The minimum Gasteiger partial charge on any atom is -0.297 e. The topological polar surface area (TPSA) is 32.7 Å². The Kier molecular flexibility index (Phi) is 2.06. The smallest absolute Gasteiger partial charge is 0.231 e. The van der Waals surface area contributed by atoms with Crippen LogP contribution in [0.5, 0.6) is 0 Å². The molecule has 2 heterocycles. The van der Waals surface area contributed by atoms with E-state index in [2.05, 4.69) is 20.9 Å². The molecule has 1 saturated heterocycles. The zero-order valence-electron chi connectivity index (χ0n) is 8.86. The Balaban J connectivity index is 1.88. The lowest BCUT2D eigenvalue weighted by molar-refractivity contribution is -0.126. The Morgan fingerprint density at radius 3 is 3.06 bits per heavy atom. The summed E-state index contributed by atoms with van der Waals surface area (Å²) in [4.78, 5) is 17.4. The number of carbonyl (C=O) groups is 1. The van der Waals surface area contributed by atoms with Gasteiger partial charge in [0.25, 0.3) is 0 Å². The average Bonchev–Trinajstić information content (AvgIpc) is 2.92. The number of hydrogen-bond acceptors (Lipinski definition) is 2. The number of allylic oxidation sites excluding steroid dienone is 1. The summed E-state index contributed by atoms with van der Waals surface area (Å²) in [5.41, 5.74) is 0. The number of carbonyl (C=O) groups excluding carboxylic acids is 1. The normalized spacial score (nSPS) is 45.7. The summed E-state index contributed by atoms with van der Waals surface area (Å²) in [6, 6.07) is 0. The van der Waals surface area contributed by atoms with Gasteiger partial charge < -0.3 is 0 Å². The molecule has 0 aromatic carbocycles. The Morgan fingerprint density at radius 1 is 1.69 bits per heavy atom. The fourth-order valence-corrected chi connectivity index (χ4v) is 2.67. The van der Waals surface area contributed by atoms with Crippen molar-refractivity contribution in [3.05, 3.63) is 12.3 Å². The lowest BCUT2D eigenvalue weighted by Crippen LogP contribution is -2.48. The van der Waals surface area contributed by atoms with Gasteiger partial charge in [-0.05, 0) is 25.3 Å². The number of amidine groups is 1. The second kappa shape index (κ2) is 3.15. The molecule has 2 unspecified atom stereocenters. The third kappa shape index (κ3) is 1.37. The highest BCUT2D eigenvalue weighted by Crippen LogP contribution is 2.47. The fourth-order valence-electron chi connectivity index (χ4n) is 2.35. The zero-order chi connectivity index (χ0) is 11.5. The lowest BCUT2D eigenvalue weighted by atomic mass is 10.0. The largest absolute Gasteiger partial charge is 0.297 e. The van der Waals surface area contributed by atoms with Gasteiger partial charge in [0.05, 0.1) is 4.32 Å². The third-order valence-corrected chi connectivity index (χ3v) is 4.20. The minimum absolute atomic E-state index is 0.0463. The summed E-state index contributed by atoms with van der Waals surface area (Å²) in [7, 11) is 0. The quantitative estimate of drug-likeness (QED) is 0.626. The van der Waals surface area contributed by atoms with Crippen molar-refractivity contribution in [2.45, 2.75) is 23.8 Å². The molecule has 0 radical (unpaired) electrons. The van der Waals surface area contributed by atoms with Gasteiger partial charge in [0, 0.05) is 18.7 Å². The van der Waals surface area contributed by atoms with E-state index in [4.69, 9.17) is 0 Å². The van der Waals surface area contributed by atoms with E-state index >= 15 is 0 Å². The predicted octanol–water partition coefficient (Wildman–Crippen LogP) is 1.88. The number of likely N-dealkylation sites (tertiary alicyclic amines) is 1. The van der Waals surface area contributed by atoms with Crippen LogP contribution < -0.4 is 0 Å². The van der Waals surface area contributed by atoms with Crippen LogP contribution in [0.4, 0.5) is 4.39 Å². The molecule has 0 N–H and O–H groups in total. The Labute approximate surface area is 102 Å². The molecule has 0 spiro atoms. The number of fused-ring (bicyclic) bond motifs is 1. The highest BCUT2D eigenvalue weighted by atomic mass is 79.9. The summed E-state index contributed by atoms with van der Waals surface area (Å²) >= 11 is 3.31. The maximum absolute atomic E-state index is 14.2. The van der Waals surface area contributed by atoms with Gasteiger partial charge in [0.1, 0.15) is 5.84 Å². The van der Waals surface area contributed by atoms with Crippen molar-refractivity contribution in [3.8, 4) is 0 Å². The van der Waals surface area contributed by atoms with Crippen LogP contribution in [0.3, 0.4) is 0 Å². The molecule has 3 aliphatic rings. The van der Waals surface area contributed by atoms with Crippen molar-refractivity contribution in [3.63, 3.8) is 0 Å². The van der Waals surface area contributed by atoms with Crippen LogP contribution in [0.1, 0.15) is 13.3 Å². The first-order chi connectivity index (χ1) is 7.50. The molecule has 0 aromatic rings. The summed E-state index contributed by atoms with van der Waals surface area (Å²) < 4.78 is 13.4. The van der Waals surface area contributed by atoms with Gasteiger partial charge in [-0.2, -0.15) is 0 Å². The Bertz CT molecular complexity index is 418. The van der Waals surface area contributed by atoms with Gasteiger partial charge >= 0.3 is 0 Å². The molecular weight excluding hydrogens is 275 g/mol. The first-order valence-electron chi connectivity index (χ1n) is 5.40. The highest BCUT2D eigenvalue weighted by Gasteiger charge is 2.55. The van der Waals surface area contributed by atoms with Crippen LogP contribution >= 0.6 is 15.9 Å².